The van der Waals surface area contributed by atoms with Crippen LogP contribution in [0.15, 0.2) is 0 Å². The Kier molecular flexibility index (Phi) is 240. The molecule has 0 saturated carbocycles. The molecule has 138 valence electrons. The van der Waals surface area contributed by atoms with E-state index in [0.29, 0.717) is 12.8 Å². The molecule has 4 nitrogen and oxygen atoms in total. The Balaban J connectivity index is -0.0000000101. The zero-order valence-electron chi connectivity index (χ0n) is 15.1. The summed E-state index contributed by atoms with van der Waals surface area (Å²) in [5.41, 5.74) is 12.7. The summed E-state index contributed by atoms with van der Waals surface area (Å²) in [4.78, 5) is 19.4. The van der Waals surface area contributed by atoms with E-state index in [0.717, 1.165) is 12.8 Å². The molecule has 24 heavy (non-hydrogen) atoms. The van der Waals surface area contributed by atoms with E-state index in [1.54, 1.807) is 6.92 Å². The number of carbonyl (C=O) groups is 2. The van der Waals surface area contributed by atoms with E-state index in [4.69, 9.17) is 30.1 Å². The van der Waals surface area contributed by atoms with Crippen molar-refractivity contribution in [1.29, 1.82) is 0 Å². The Morgan fingerprint density at radius 2 is 0.958 bits per heavy atom. The van der Waals surface area contributed by atoms with Crippen LogP contribution in [-0.4, -0.2) is 11.8 Å². The Hall–Kier alpha value is 3.81. The normalized spacial score (nSPS) is 4.92. The molecule has 0 radical (unpaired) electrons. The smallest absolute Gasteiger partial charge is 0 e. The van der Waals surface area contributed by atoms with E-state index in [9.17, 15) is 9.59 Å². The summed E-state index contributed by atoms with van der Waals surface area (Å²) in [5.74, 6) is -0.921. The number of hydrogen-bond donors (Lipinski definition) is 0. The zero-order chi connectivity index (χ0) is 14.7. The van der Waals surface area contributed by atoms with Gasteiger partial charge in [-0.15, -0.1) is 0 Å². The predicted octanol–water partition coefficient (Wildman–Crippen LogP) is 5.84. The van der Waals surface area contributed by atoms with E-state index in [1.807, 2.05) is 13.8 Å². The first kappa shape index (κ1) is 70.7. The van der Waals surface area contributed by atoms with Crippen LogP contribution in [0, 0.1) is 21.8 Å². The molecule has 0 aromatic carbocycles. The van der Waals surface area contributed by atoms with Gasteiger partial charge in [-0.3, -0.25) is 0 Å². The summed E-state index contributed by atoms with van der Waals surface area (Å²) in [6.07, 6.45) is 2.39. The first-order valence-corrected chi connectivity index (χ1v) is 9.41. The van der Waals surface area contributed by atoms with Gasteiger partial charge in [-0.05, 0) is 12.8 Å². The monoisotopic (exact) mass is 589 g/mol. The molecule has 0 bridgehead atoms. The molecule has 0 aliphatic heterocycles. The third-order valence-corrected chi connectivity index (χ3v) is 0.954. The predicted molar refractivity (Wildman–Crippen MR) is 84.0 cm³/mol. The summed E-state index contributed by atoms with van der Waals surface area (Å²) in [5, 5.41) is 0. The molecule has 0 rings (SSSR count). The quantitative estimate of drug-likeness (QED) is 0.305. The standard InChI is InChI=1S/2C4H9NO.C2H5.2CH3.2ClH.6Ti/c2*1-2-3-4(5)6;1-2;;;;;;;;;;/h2*2-3H2,1H3,(H2,5,6);1H2,2H3;2*1H3;2*1H;;;;;;/q;;3*-1;;;;;;;2*+2/p-4. The second kappa shape index (κ2) is 81.4. The van der Waals surface area contributed by atoms with Crippen LogP contribution >= 0.6 is 18.6 Å². The summed E-state index contributed by atoms with van der Waals surface area (Å²) >= 11 is -0.556. The summed E-state index contributed by atoms with van der Waals surface area (Å²) in [6.45, 7) is 8.76. The SMILES string of the molecule is CCCC([NH-])=O.CCCC([NH-])=O.[CH2-]C.[CH3-].[CH3-].[Cl][Ti][Cl].[Ti+2].[Ti].[Ti].[Ti].[Ti]. The van der Waals surface area contributed by atoms with E-state index in [2.05, 4.69) is 6.92 Å². The average molecular weight is 589 g/mol. The van der Waals surface area contributed by atoms with Gasteiger partial charge in [0.25, 0.3) is 0 Å². The van der Waals surface area contributed by atoms with Crippen molar-refractivity contribution >= 4 is 30.4 Å². The van der Waals surface area contributed by atoms with Crippen molar-refractivity contribution in [2.75, 3.05) is 0 Å². The van der Waals surface area contributed by atoms with Crippen molar-refractivity contribution in [2.45, 2.75) is 46.5 Å². The Morgan fingerprint density at radius 3 is 0.958 bits per heavy atom. The van der Waals surface area contributed by atoms with Crippen LogP contribution in [0.1, 0.15) is 46.5 Å². The van der Waals surface area contributed by atoms with Crippen molar-refractivity contribution in [3.63, 3.8) is 0 Å². The van der Waals surface area contributed by atoms with Crippen LogP contribution in [0.5, 0.6) is 0 Å². The topological polar surface area (TPSA) is 81.7 Å². The minimum absolute atomic E-state index is 0. The van der Waals surface area contributed by atoms with E-state index in [-0.39, 0.29) is 123 Å². The molecule has 2 amide bonds. The molecular weight excluding hydrogens is 562 g/mol. The van der Waals surface area contributed by atoms with E-state index >= 15 is 0 Å². The van der Waals surface area contributed by atoms with Crippen molar-refractivity contribution in [3.8, 4) is 0 Å². The number of rotatable bonds is 4. The molecule has 0 aromatic rings. The van der Waals surface area contributed by atoms with Crippen LogP contribution in [0.25, 0.3) is 11.5 Å². The molecule has 0 fully saturated rings. The third-order valence-electron chi connectivity index (χ3n) is 0.954. The number of amides is 2. The van der Waals surface area contributed by atoms with Crippen molar-refractivity contribution in [2.24, 2.45) is 0 Å². The maximum atomic E-state index is 9.71. The van der Waals surface area contributed by atoms with E-state index in [1.165, 1.54) is 0 Å². The molecule has 0 aromatic heterocycles. The van der Waals surface area contributed by atoms with Gasteiger partial charge in [0.15, 0.2) is 0 Å². The molecule has 0 aliphatic rings. The van der Waals surface area contributed by atoms with Gasteiger partial charge in [0, 0.05) is 98.7 Å². The first-order valence-electron chi connectivity index (χ1n) is 5.11. The number of halogens is 2. The molecule has 0 saturated heterocycles. The van der Waals surface area contributed by atoms with Crippen LogP contribution in [-0.2, 0) is 135 Å². The van der Waals surface area contributed by atoms with Crippen LogP contribution < -0.4 is 0 Å². The number of nitrogens with one attached hydrogen (secondary N) is 2. The van der Waals surface area contributed by atoms with Crippen molar-refractivity contribution in [3.05, 3.63) is 33.2 Å². The van der Waals surface area contributed by atoms with Gasteiger partial charge in [-0.1, -0.05) is 26.7 Å². The van der Waals surface area contributed by atoms with Gasteiger partial charge in [0.1, 0.15) is 0 Å². The van der Waals surface area contributed by atoms with Gasteiger partial charge >= 0.3 is 57.4 Å². The van der Waals surface area contributed by atoms with Gasteiger partial charge in [-0.25, -0.2) is 0 Å². The summed E-state index contributed by atoms with van der Waals surface area (Å²) in [7, 11) is 9.78. The molecule has 0 atom stereocenters. The van der Waals surface area contributed by atoms with Gasteiger partial charge in [0.05, 0.1) is 0 Å². The second-order valence-electron chi connectivity index (χ2n) is 2.42. The minimum Gasteiger partial charge on any atom is 0 e. The molecule has 0 aliphatic carbocycles. The van der Waals surface area contributed by atoms with Gasteiger partial charge in [-0.2, -0.15) is 6.92 Å². The largest absolute Gasteiger partial charge is 2.00 e. The maximum Gasteiger partial charge on any atom is 2.00 e. The van der Waals surface area contributed by atoms with E-state index < -0.39 is 28.8 Å². The fourth-order valence-electron chi connectivity index (χ4n) is 0.454. The molecule has 2 N–H and O–H groups in total. The molecule has 0 heterocycles. The maximum absolute atomic E-state index is 9.71. The molecule has 0 spiro atoms. The second-order valence-corrected chi connectivity index (χ2v) is 5.00. The summed E-state index contributed by atoms with van der Waals surface area (Å²) in [6, 6.07) is 0. The Bertz CT molecular complexity index is 160. The first-order chi connectivity index (χ1) is 7.95. The van der Waals surface area contributed by atoms with Crippen LogP contribution in [0.3, 0.4) is 0 Å². The Labute approximate surface area is 241 Å². The fourth-order valence-corrected chi connectivity index (χ4v) is 0.454. The fraction of sp³-hybridized carbons (Fsp3) is 0.583. The third kappa shape index (κ3) is 165. The number of hydrogen-bond acceptors (Lipinski definition) is 2. The zero-order valence-corrected chi connectivity index (χ0v) is 26.0. The van der Waals surface area contributed by atoms with Crippen LogP contribution in [0.4, 0.5) is 0 Å². The van der Waals surface area contributed by atoms with Crippen LogP contribution in [0.2, 0.25) is 0 Å². The molecule has 12 heteroatoms. The molecule has 0 unspecified atom stereocenters. The van der Waals surface area contributed by atoms with Crippen molar-refractivity contribution in [1.82, 2.24) is 0 Å². The van der Waals surface area contributed by atoms with Gasteiger partial charge in [0.2, 0.25) is 0 Å². The minimum atomic E-state index is -0.556. The summed E-state index contributed by atoms with van der Waals surface area (Å²) < 4.78 is 0. The van der Waals surface area contributed by atoms with Gasteiger partial charge < -0.3 is 42.8 Å². The number of carbonyl (C=O) groups excluding carboxylic acids is 2. The van der Waals surface area contributed by atoms with Crippen molar-refractivity contribution < 1.29 is 135 Å². The Morgan fingerprint density at radius 1 is 0.833 bits per heavy atom. The average Bonchev–Trinajstić information content (AvgIpc) is 2.22. The molecular formula is C12H27Cl2N2O2Ti6-3.